The van der Waals surface area contributed by atoms with Gasteiger partial charge in [-0.15, -0.1) is 0 Å². The second-order valence-electron chi connectivity index (χ2n) is 4.67. The summed E-state index contributed by atoms with van der Waals surface area (Å²) in [5, 5.41) is 8.76. The van der Waals surface area contributed by atoms with E-state index in [0.717, 1.165) is 18.6 Å². The first-order valence-corrected chi connectivity index (χ1v) is 5.94. The summed E-state index contributed by atoms with van der Waals surface area (Å²) in [5.41, 5.74) is 0.0745. The van der Waals surface area contributed by atoms with E-state index in [2.05, 4.69) is 6.07 Å². The topological polar surface area (TPSA) is 51.5 Å². The van der Waals surface area contributed by atoms with Crippen LogP contribution in [0.3, 0.4) is 0 Å². The van der Waals surface area contributed by atoms with E-state index in [-0.39, 0.29) is 5.41 Å². The maximum atomic E-state index is 8.76. The first kappa shape index (κ1) is 12.6. The lowest BCUT2D eigenvalue weighted by Crippen LogP contribution is -2.12. The van der Waals surface area contributed by atoms with E-state index in [9.17, 15) is 0 Å². The van der Waals surface area contributed by atoms with E-state index in [1.165, 1.54) is 0 Å². The smallest absolute Gasteiger partial charge is 0.126 e. The van der Waals surface area contributed by atoms with Crippen molar-refractivity contribution in [3.05, 3.63) is 18.2 Å². The Morgan fingerprint density at radius 1 is 1.11 bits per heavy atom. The highest BCUT2D eigenvalue weighted by Crippen LogP contribution is 2.48. The lowest BCUT2D eigenvalue weighted by molar-refractivity contribution is 0.235. The molecule has 0 atom stereocenters. The first-order chi connectivity index (χ1) is 8.71. The van der Waals surface area contributed by atoms with Gasteiger partial charge in [0.1, 0.15) is 17.2 Å². The molecule has 0 amide bonds. The molecule has 1 saturated carbocycles. The predicted octanol–water partition coefficient (Wildman–Crippen LogP) is 2.78. The zero-order chi connectivity index (χ0) is 13.0. The van der Waals surface area contributed by atoms with Crippen molar-refractivity contribution in [2.75, 3.05) is 20.8 Å². The van der Waals surface area contributed by atoms with Gasteiger partial charge < -0.3 is 14.2 Å². The van der Waals surface area contributed by atoms with Crippen LogP contribution in [0.15, 0.2) is 18.2 Å². The van der Waals surface area contributed by atoms with Crippen LogP contribution < -0.4 is 14.2 Å². The SMILES string of the molecule is COc1cc(OC)cc(OCC2(CC#N)CC2)c1. The van der Waals surface area contributed by atoms with Crippen molar-refractivity contribution in [3.8, 4) is 23.3 Å². The van der Waals surface area contributed by atoms with Gasteiger partial charge in [-0.25, -0.2) is 0 Å². The van der Waals surface area contributed by atoms with Crippen molar-refractivity contribution < 1.29 is 14.2 Å². The molecule has 1 aromatic rings. The summed E-state index contributed by atoms with van der Waals surface area (Å²) in [6, 6.07) is 7.67. The fourth-order valence-electron chi connectivity index (χ4n) is 1.82. The summed E-state index contributed by atoms with van der Waals surface area (Å²) in [4.78, 5) is 0. The number of rotatable bonds is 6. The van der Waals surface area contributed by atoms with Crippen LogP contribution >= 0.6 is 0 Å². The van der Waals surface area contributed by atoms with Crippen molar-refractivity contribution in [2.45, 2.75) is 19.3 Å². The Morgan fingerprint density at radius 3 is 2.11 bits per heavy atom. The van der Waals surface area contributed by atoms with E-state index < -0.39 is 0 Å². The highest BCUT2D eigenvalue weighted by Gasteiger charge is 2.43. The lowest BCUT2D eigenvalue weighted by atomic mass is 10.1. The zero-order valence-corrected chi connectivity index (χ0v) is 10.7. The second-order valence-corrected chi connectivity index (χ2v) is 4.67. The predicted molar refractivity (Wildman–Crippen MR) is 66.9 cm³/mol. The number of nitrogens with zero attached hydrogens (tertiary/aromatic N) is 1. The van der Waals surface area contributed by atoms with Crippen molar-refractivity contribution in [1.29, 1.82) is 5.26 Å². The Hall–Kier alpha value is -1.89. The summed E-state index contributed by atoms with van der Waals surface area (Å²) < 4.78 is 16.1. The molecule has 1 aliphatic rings. The Morgan fingerprint density at radius 2 is 1.67 bits per heavy atom. The normalized spacial score (nSPS) is 15.6. The minimum absolute atomic E-state index is 0.0745. The Balaban J connectivity index is 2.03. The van der Waals surface area contributed by atoms with Gasteiger partial charge in [0.2, 0.25) is 0 Å². The number of hydrogen-bond donors (Lipinski definition) is 0. The molecule has 0 bridgehead atoms. The van der Waals surface area contributed by atoms with Crippen LogP contribution in [-0.2, 0) is 0 Å². The van der Waals surface area contributed by atoms with Gasteiger partial charge in [0.15, 0.2) is 0 Å². The van der Waals surface area contributed by atoms with E-state index in [4.69, 9.17) is 19.5 Å². The van der Waals surface area contributed by atoms with Crippen molar-refractivity contribution in [1.82, 2.24) is 0 Å². The summed E-state index contributed by atoms with van der Waals surface area (Å²) >= 11 is 0. The molecule has 4 heteroatoms. The van der Waals surface area contributed by atoms with Crippen molar-refractivity contribution in [3.63, 3.8) is 0 Å². The average molecular weight is 247 g/mol. The van der Waals surface area contributed by atoms with Crippen LogP contribution in [0.5, 0.6) is 17.2 Å². The second kappa shape index (κ2) is 5.18. The third-order valence-corrected chi connectivity index (χ3v) is 3.28. The molecule has 1 aliphatic carbocycles. The highest BCUT2D eigenvalue weighted by atomic mass is 16.5. The molecule has 0 spiro atoms. The maximum Gasteiger partial charge on any atom is 0.126 e. The molecule has 0 unspecified atom stereocenters. The van der Waals surface area contributed by atoms with Gasteiger partial charge in [-0.1, -0.05) is 0 Å². The van der Waals surface area contributed by atoms with Crippen LogP contribution in [0, 0.1) is 16.7 Å². The Bertz CT molecular complexity index is 438. The van der Waals surface area contributed by atoms with Crippen LogP contribution in [0.4, 0.5) is 0 Å². The third-order valence-electron chi connectivity index (χ3n) is 3.28. The fourth-order valence-corrected chi connectivity index (χ4v) is 1.82. The molecule has 0 aliphatic heterocycles. The molecular weight excluding hydrogens is 230 g/mol. The van der Waals surface area contributed by atoms with Gasteiger partial charge in [0.05, 0.1) is 26.9 Å². The van der Waals surface area contributed by atoms with E-state index in [1.54, 1.807) is 20.3 Å². The quantitative estimate of drug-likeness (QED) is 0.775. The minimum atomic E-state index is 0.0745. The van der Waals surface area contributed by atoms with Crippen molar-refractivity contribution >= 4 is 0 Å². The van der Waals surface area contributed by atoms with E-state index in [1.807, 2.05) is 12.1 Å². The molecule has 0 aromatic heterocycles. The van der Waals surface area contributed by atoms with E-state index >= 15 is 0 Å². The lowest BCUT2D eigenvalue weighted by Gasteiger charge is -2.14. The summed E-state index contributed by atoms with van der Waals surface area (Å²) in [6.07, 6.45) is 2.71. The maximum absolute atomic E-state index is 8.76. The van der Waals surface area contributed by atoms with Gasteiger partial charge >= 0.3 is 0 Å². The number of ether oxygens (including phenoxy) is 3. The molecule has 2 rings (SSSR count). The molecule has 96 valence electrons. The number of methoxy groups -OCH3 is 2. The molecule has 0 heterocycles. The molecule has 0 N–H and O–H groups in total. The number of hydrogen-bond acceptors (Lipinski definition) is 4. The van der Waals surface area contributed by atoms with Crippen molar-refractivity contribution in [2.24, 2.45) is 5.41 Å². The summed E-state index contributed by atoms with van der Waals surface area (Å²) in [5.74, 6) is 2.12. The standard InChI is InChI=1S/C14H17NO3/c1-16-11-7-12(17-2)9-13(8-11)18-10-14(3-4-14)5-6-15/h7-9H,3-5,10H2,1-2H3. The van der Waals surface area contributed by atoms with Gasteiger partial charge in [-0.3, -0.25) is 0 Å². The van der Waals surface area contributed by atoms with Gasteiger partial charge in [-0.05, 0) is 12.8 Å². The monoisotopic (exact) mass is 247 g/mol. The molecule has 4 nitrogen and oxygen atoms in total. The van der Waals surface area contributed by atoms with Crippen LogP contribution in [0.1, 0.15) is 19.3 Å². The van der Waals surface area contributed by atoms with Crippen LogP contribution in [0.2, 0.25) is 0 Å². The summed E-state index contributed by atoms with van der Waals surface area (Å²) in [7, 11) is 3.22. The van der Waals surface area contributed by atoms with Gasteiger partial charge in [0, 0.05) is 30.0 Å². The molecule has 1 fully saturated rings. The average Bonchev–Trinajstić information content (AvgIpc) is 3.16. The Labute approximate surface area is 107 Å². The Kier molecular flexibility index (Phi) is 3.61. The number of nitriles is 1. The van der Waals surface area contributed by atoms with Gasteiger partial charge in [0.25, 0.3) is 0 Å². The van der Waals surface area contributed by atoms with E-state index in [0.29, 0.717) is 24.5 Å². The van der Waals surface area contributed by atoms with Crippen LogP contribution in [-0.4, -0.2) is 20.8 Å². The highest BCUT2D eigenvalue weighted by molar-refractivity contribution is 5.42. The number of benzene rings is 1. The zero-order valence-electron chi connectivity index (χ0n) is 10.7. The molecule has 18 heavy (non-hydrogen) atoms. The fraction of sp³-hybridized carbons (Fsp3) is 0.500. The molecule has 0 saturated heterocycles. The van der Waals surface area contributed by atoms with Crippen LogP contribution in [0.25, 0.3) is 0 Å². The molecular formula is C14H17NO3. The largest absolute Gasteiger partial charge is 0.496 e. The van der Waals surface area contributed by atoms with Gasteiger partial charge in [-0.2, -0.15) is 5.26 Å². The molecule has 0 radical (unpaired) electrons. The molecule has 1 aromatic carbocycles. The minimum Gasteiger partial charge on any atom is -0.496 e. The summed E-state index contributed by atoms with van der Waals surface area (Å²) in [6.45, 7) is 0.580. The first-order valence-electron chi connectivity index (χ1n) is 5.94. The third kappa shape index (κ3) is 2.86.